The molecule has 0 bridgehead atoms. The highest BCUT2D eigenvalue weighted by Crippen LogP contribution is 2.27. The van der Waals surface area contributed by atoms with Gasteiger partial charge in [0.2, 0.25) is 5.95 Å². The van der Waals surface area contributed by atoms with E-state index in [-0.39, 0.29) is 11.1 Å². The molecule has 1 aliphatic heterocycles. The molecule has 35 heavy (non-hydrogen) atoms. The van der Waals surface area contributed by atoms with Crippen molar-refractivity contribution in [3.05, 3.63) is 77.2 Å². The fourth-order valence-electron chi connectivity index (χ4n) is 4.44. The van der Waals surface area contributed by atoms with E-state index in [1.54, 1.807) is 18.3 Å². The van der Waals surface area contributed by atoms with Crippen LogP contribution in [-0.4, -0.2) is 38.2 Å². The third-order valence-electron chi connectivity index (χ3n) is 6.25. The summed E-state index contributed by atoms with van der Waals surface area (Å²) in [5.41, 5.74) is 4.30. The molecule has 2 fully saturated rings. The van der Waals surface area contributed by atoms with E-state index < -0.39 is 0 Å². The molecule has 178 valence electrons. The van der Waals surface area contributed by atoms with E-state index in [0.717, 1.165) is 44.0 Å². The molecule has 0 spiro atoms. The predicted octanol–water partition coefficient (Wildman–Crippen LogP) is 4.38. The topological polar surface area (TPSA) is 109 Å². The first kappa shape index (κ1) is 23.2. The molecule has 8 nitrogen and oxygen atoms in total. The molecule has 3 heterocycles. The standard InChI is InChI=1S/C26H26N6O2S/c33-24-23(35-26(34)32-24)15-21-11-14-28-25(31-21)30-20-7-5-19(6-8-20)29-16-18-3-1-2-4-22(18)17-9-12-27-13-10-17/h1-4,9-15,19-20,29H,5-8,16H2,(H,28,30,31)(H,32,33,34)/b23-15-/t19-,20-. The number of hydrogen-bond acceptors (Lipinski definition) is 8. The smallest absolute Gasteiger partial charge is 0.290 e. The second-order valence-electron chi connectivity index (χ2n) is 8.62. The molecule has 0 unspecified atom stereocenters. The minimum absolute atomic E-state index is 0.297. The average molecular weight is 487 g/mol. The van der Waals surface area contributed by atoms with E-state index in [2.05, 4.69) is 55.2 Å². The summed E-state index contributed by atoms with van der Waals surface area (Å²) < 4.78 is 0. The van der Waals surface area contributed by atoms with Crippen LogP contribution in [-0.2, 0) is 11.3 Å². The molecule has 5 rings (SSSR count). The fourth-order valence-corrected chi connectivity index (χ4v) is 5.11. The van der Waals surface area contributed by atoms with Crippen molar-refractivity contribution in [3.8, 4) is 11.1 Å². The number of aromatic nitrogens is 3. The number of amides is 2. The molecular formula is C26H26N6O2S. The molecule has 9 heteroatoms. The lowest BCUT2D eigenvalue weighted by Crippen LogP contribution is -2.37. The Hall–Kier alpha value is -3.56. The maximum absolute atomic E-state index is 11.8. The molecule has 3 N–H and O–H groups in total. The van der Waals surface area contributed by atoms with Gasteiger partial charge in [-0.25, -0.2) is 9.97 Å². The zero-order chi connectivity index (χ0) is 24.0. The summed E-state index contributed by atoms with van der Waals surface area (Å²) in [6.07, 6.45) is 11.1. The lowest BCUT2D eigenvalue weighted by atomic mass is 9.91. The largest absolute Gasteiger partial charge is 0.351 e. The summed E-state index contributed by atoms with van der Waals surface area (Å²) >= 11 is 0.884. The first-order valence-corrected chi connectivity index (χ1v) is 12.5. The number of anilines is 1. The lowest BCUT2D eigenvalue weighted by molar-refractivity contribution is -0.115. The second kappa shape index (κ2) is 10.8. The highest BCUT2D eigenvalue weighted by Gasteiger charge is 2.25. The van der Waals surface area contributed by atoms with E-state index in [1.165, 1.54) is 16.7 Å². The summed E-state index contributed by atoms with van der Waals surface area (Å²) in [4.78, 5) is 36.4. The first-order chi connectivity index (χ1) is 17.1. The Morgan fingerprint density at radius 3 is 2.51 bits per heavy atom. The van der Waals surface area contributed by atoms with Crippen molar-refractivity contribution in [1.82, 2.24) is 25.6 Å². The van der Waals surface area contributed by atoms with Crippen molar-refractivity contribution in [2.45, 2.75) is 44.3 Å². The number of imide groups is 1. The highest BCUT2D eigenvalue weighted by molar-refractivity contribution is 8.18. The van der Waals surface area contributed by atoms with Gasteiger partial charge in [-0.15, -0.1) is 0 Å². The van der Waals surface area contributed by atoms with E-state index in [0.29, 0.717) is 28.6 Å². The first-order valence-electron chi connectivity index (χ1n) is 11.7. The number of pyridine rings is 1. The Bertz CT molecular complexity index is 1240. The van der Waals surface area contributed by atoms with Gasteiger partial charge in [-0.2, -0.15) is 0 Å². The average Bonchev–Trinajstić information content (AvgIpc) is 3.20. The molecule has 3 aromatic rings. The molecular weight excluding hydrogens is 460 g/mol. The van der Waals surface area contributed by atoms with Crippen LogP contribution in [0.2, 0.25) is 0 Å². The monoisotopic (exact) mass is 486 g/mol. The molecule has 1 saturated heterocycles. The SMILES string of the molecule is O=C1NC(=O)/C(=C/c2ccnc(N[C@H]3CC[C@H](NCc4ccccc4-c4ccncc4)CC3)n2)S1. The van der Waals surface area contributed by atoms with Crippen molar-refractivity contribution < 1.29 is 9.59 Å². The Morgan fingerprint density at radius 2 is 1.74 bits per heavy atom. The quantitative estimate of drug-likeness (QED) is 0.422. The second-order valence-corrected chi connectivity index (χ2v) is 9.64. The molecule has 1 aliphatic carbocycles. The Morgan fingerprint density at radius 1 is 0.971 bits per heavy atom. The summed E-state index contributed by atoms with van der Waals surface area (Å²) in [6.45, 7) is 0.829. The van der Waals surface area contributed by atoms with Gasteiger partial charge in [0.15, 0.2) is 0 Å². The van der Waals surface area contributed by atoms with Gasteiger partial charge in [0, 0.05) is 37.2 Å². The van der Waals surface area contributed by atoms with E-state index in [4.69, 9.17) is 0 Å². The molecule has 2 amide bonds. The minimum Gasteiger partial charge on any atom is -0.351 e. The van der Waals surface area contributed by atoms with Crippen LogP contribution < -0.4 is 16.0 Å². The zero-order valence-electron chi connectivity index (χ0n) is 19.1. The molecule has 2 aliphatic rings. The van der Waals surface area contributed by atoms with Crippen LogP contribution >= 0.6 is 11.8 Å². The summed E-state index contributed by atoms with van der Waals surface area (Å²) in [5.74, 6) is 0.152. The van der Waals surface area contributed by atoms with Crippen LogP contribution in [0.5, 0.6) is 0 Å². The maximum Gasteiger partial charge on any atom is 0.290 e. The van der Waals surface area contributed by atoms with Crippen molar-refractivity contribution in [2.75, 3.05) is 5.32 Å². The van der Waals surface area contributed by atoms with Gasteiger partial charge in [-0.1, -0.05) is 24.3 Å². The number of carbonyl (C=O) groups excluding carboxylic acids is 2. The van der Waals surface area contributed by atoms with Crippen LogP contribution in [0.25, 0.3) is 17.2 Å². The van der Waals surface area contributed by atoms with Gasteiger partial charge in [-0.05, 0) is 78.4 Å². The van der Waals surface area contributed by atoms with E-state index in [9.17, 15) is 9.59 Å². The number of thioether (sulfide) groups is 1. The maximum atomic E-state index is 11.8. The fraction of sp³-hybridized carbons (Fsp3) is 0.269. The van der Waals surface area contributed by atoms with Gasteiger partial charge in [0.25, 0.3) is 11.1 Å². The third-order valence-corrected chi connectivity index (χ3v) is 7.06. The van der Waals surface area contributed by atoms with Crippen molar-refractivity contribution >= 4 is 34.9 Å². The van der Waals surface area contributed by atoms with E-state index in [1.807, 2.05) is 24.5 Å². The van der Waals surface area contributed by atoms with Crippen LogP contribution in [0, 0.1) is 0 Å². The van der Waals surface area contributed by atoms with Gasteiger partial charge < -0.3 is 10.6 Å². The number of nitrogens with zero attached hydrogens (tertiary/aromatic N) is 3. The van der Waals surface area contributed by atoms with Crippen molar-refractivity contribution in [2.24, 2.45) is 0 Å². The Labute approximate surface area is 208 Å². The normalized spacial score (nSPS) is 21.2. The summed E-state index contributed by atoms with van der Waals surface area (Å²) in [6, 6.07) is 15.1. The molecule has 2 aromatic heterocycles. The van der Waals surface area contributed by atoms with Crippen molar-refractivity contribution in [3.63, 3.8) is 0 Å². The van der Waals surface area contributed by atoms with Gasteiger partial charge in [0.05, 0.1) is 10.6 Å². The number of nitrogens with one attached hydrogen (secondary N) is 3. The number of carbonyl (C=O) groups is 2. The van der Waals surface area contributed by atoms with Crippen LogP contribution in [0.4, 0.5) is 10.7 Å². The Kier molecular flexibility index (Phi) is 7.15. The molecule has 1 saturated carbocycles. The number of hydrogen-bond donors (Lipinski definition) is 3. The summed E-state index contributed by atoms with van der Waals surface area (Å²) in [5, 5.41) is 9.06. The number of benzene rings is 1. The molecule has 1 aromatic carbocycles. The molecule has 0 radical (unpaired) electrons. The van der Waals surface area contributed by atoms with Crippen LogP contribution in [0.3, 0.4) is 0 Å². The van der Waals surface area contributed by atoms with Crippen LogP contribution in [0.15, 0.2) is 66.0 Å². The molecule has 0 atom stereocenters. The summed E-state index contributed by atoms with van der Waals surface area (Å²) in [7, 11) is 0. The zero-order valence-corrected chi connectivity index (χ0v) is 19.9. The van der Waals surface area contributed by atoms with Crippen LogP contribution in [0.1, 0.15) is 36.9 Å². The van der Waals surface area contributed by atoms with E-state index >= 15 is 0 Å². The van der Waals surface area contributed by atoms with Crippen molar-refractivity contribution in [1.29, 1.82) is 0 Å². The minimum atomic E-state index is -0.387. The highest BCUT2D eigenvalue weighted by atomic mass is 32.2. The predicted molar refractivity (Wildman–Crippen MR) is 137 cm³/mol. The van der Waals surface area contributed by atoms with Gasteiger partial charge in [0.1, 0.15) is 0 Å². The number of rotatable bonds is 7. The van der Waals surface area contributed by atoms with Gasteiger partial charge in [-0.3, -0.25) is 19.9 Å². The third kappa shape index (κ3) is 5.93. The van der Waals surface area contributed by atoms with Gasteiger partial charge >= 0.3 is 0 Å². The lowest BCUT2D eigenvalue weighted by Gasteiger charge is -2.30. The Balaban J connectivity index is 1.14.